The fourth-order valence-corrected chi connectivity index (χ4v) is 2.45. The molecule has 3 aromatic rings. The average molecular weight is 307 g/mol. The molecule has 0 fully saturated rings. The lowest BCUT2D eigenvalue weighted by molar-refractivity contribution is -0.111. The normalized spacial score (nSPS) is 10.7. The van der Waals surface area contributed by atoms with Crippen LogP contribution in [0.3, 0.4) is 0 Å². The standard InChI is InChI=1S/C17H13N3OS/c21-16(19-17-20-18-12-22-17)10-9-13-5-4-8-15(11-13)14-6-2-1-3-7-14/h1-12H,(H,19,20,21)/b10-9+. The summed E-state index contributed by atoms with van der Waals surface area (Å²) in [4.78, 5) is 11.8. The smallest absolute Gasteiger partial charge is 0.250 e. The van der Waals surface area contributed by atoms with Crippen LogP contribution in [-0.4, -0.2) is 16.1 Å². The van der Waals surface area contributed by atoms with Crippen molar-refractivity contribution in [3.8, 4) is 11.1 Å². The number of carbonyl (C=O) groups excluding carboxylic acids is 1. The molecular formula is C17H13N3OS. The number of aromatic nitrogens is 2. The van der Waals surface area contributed by atoms with Gasteiger partial charge in [-0.3, -0.25) is 10.1 Å². The number of benzene rings is 2. The molecule has 1 aromatic heterocycles. The van der Waals surface area contributed by atoms with E-state index >= 15 is 0 Å². The SMILES string of the molecule is O=C(/C=C/c1cccc(-c2ccccc2)c1)Nc1nncs1. The number of hydrogen-bond acceptors (Lipinski definition) is 4. The van der Waals surface area contributed by atoms with E-state index in [1.165, 1.54) is 17.4 Å². The Morgan fingerprint density at radius 1 is 1.05 bits per heavy atom. The first-order chi connectivity index (χ1) is 10.8. The van der Waals surface area contributed by atoms with Crippen molar-refractivity contribution in [1.29, 1.82) is 0 Å². The number of amides is 1. The van der Waals surface area contributed by atoms with Crippen LogP contribution in [0.25, 0.3) is 17.2 Å². The van der Waals surface area contributed by atoms with Gasteiger partial charge >= 0.3 is 0 Å². The molecule has 0 saturated carbocycles. The van der Waals surface area contributed by atoms with Crippen LogP contribution in [0, 0.1) is 0 Å². The first-order valence-electron chi connectivity index (χ1n) is 6.72. The average Bonchev–Trinajstić information content (AvgIpc) is 3.07. The number of anilines is 1. The minimum atomic E-state index is -0.220. The van der Waals surface area contributed by atoms with Gasteiger partial charge < -0.3 is 0 Å². The van der Waals surface area contributed by atoms with E-state index in [9.17, 15) is 4.79 Å². The second kappa shape index (κ2) is 6.78. The van der Waals surface area contributed by atoms with Crippen molar-refractivity contribution >= 4 is 28.5 Å². The lowest BCUT2D eigenvalue weighted by atomic mass is 10.0. The number of nitrogens with one attached hydrogen (secondary N) is 1. The van der Waals surface area contributed by atoms with Crippen molar-refractivity contribution in [1.82, 2.24) is 10.2 Å². The lowest BCUT2D eigenvalue weighted by Crippen LogP contribution is -2.07. The van der Waals surface area contributed by atoms with Crippen molar-refractivity contribution in [3.63, 3.8) is 0 Å². The predicted octanol–water partition coefficient (Wildman–Crippen LogP) is 3.86. The van der Waals surface area contributed by atoms with Crippen LogP contribution >= 0.6 is 11.3 Å². The molecule has 1 heterocycles. The van der Waals surface area contributed by atoms with Gasteiger partial charge in [-0.25, -0.2) is 0 Å². The Kier molecular flexibility index (Phi) is 4.36. The van der Waals surface area contributed by atoms with Crippen molar-refractivity contribution in [3.05, 3.63) is 71.7 Å². The summed E-state index contributed by atoms with van der Waals surface area (Å²) in [7, 11) is 0. The Morgan fingerprint density at radius 2 is 1.86 bits per heavy atom. The summed E-state index contributed by atoms with van der Waals surface area (Å²) >= 11 is 1.28. The number of carbonyl (C=O) groups is 1. The van der Waals surface area contributed by atoms with Crippen molar-refractivity contribution in [2.24, 2.45) is 0 Å². The zero-order valence-corrected chi connectivity index (χ0v) is 12.5. The van der Waals surface area contributed by atoms with Gasteiger partial charge in [0, 0.05) is 6.08 Å². The van der Waals surface area contributed by atoms with Crippen LogP contribution < -0.4 is 5.32 Å². The first kappa shape index (κ1) is 14.2. The highest BCUT2D eigenvalue weighted by molar-refractivity contribution is 7.13. The van der Waals surface area contributed by atoms with E-state index in [0.29, 0.717) is 5.13 Å². The molecule has 0 aliphatic carbocycles. The third-order valence-corrected chi connectivity index (χ3v) is 3.62. The summed E-state index contributed by atoms with van der Waals surface area (Å²) in [5.74, 6) is -0.220. The van der Waals surface area contributed by atoms with Crippen LogP contribution in [0.4, 0.5) is 5.13 Å². The maximum absolute atomic E-state index is 11.8. The summed E-state index contributed by atoms with van der Waals surface area (Å²) in [6.07, 6.45) is 3.27. The Balaban J connectivity index is 1.73. The Labute approximate surface area is 132 Å². The minimum Gasteiger partial charge on any atom is -0.297 e. The van der Waals surface area contributed by atoms with Gasteiger partial charge in [0.2, 0.25) is 11.0 Å². The van der Waals surface area contributed by atoms with Crippen molar-refractivity contribution in [2.45, 2.75) is 0 Å². The molecular weight excluding hydrogens is 294 g/mol. The van der Waals surface area contributed by atoms with E-state index in [2.05, 4.69) is 27.6 Å². The number of rotatable bonds is 4. The van der Waals surface area contributed by atoms with E-state index in [-0.39, 0.29) is 5.91 Å². The topological polar surface area (TPSA) is 54.9 Å². The molecule has 0 spiro atoms. The minimum absolute atomic E-state index is 0.220. The van der Waals surface area contributed by atoms with E-state index in [1.54, 1.807) is 11.6 Å². The van der Waals surface area contributed by atoms with E-state index in [1.807, 2.05) is 42.5 Å². The summed E-state index contributed by atoms with van der Waals surface area (Å²) < 4.78 is 0. The highest BCUT2D eigenvalue weighted by Gasteiger charge is 2.01. The van der Waals surface area contributed by atoms with Crippen LogP contribution in [0.15, 0.2) is 66.2 Å². The number of nitrogens with zero attached hydrogens (tertiary/aromatic N) is 2. The quantitative estimate of drug-likeness (QED) is 0.745. The zero-order chi connectivity index (χ0) is 15.2. The maximum Gasteiger partial charge on any atom is 0.250 e. The van der Waals surface area contributed by atoms with Gasteiger partial charge in [0.1, 0.15) is 5.51 Å². The molecule has 1 N–H and O–H groups in total. The summed E-state index contributed by atoms with van der Waals surface area (Å²) in [6, 6.07) is 18.2. The van der Waals surface area contributed by atoms with Crippen LogP contribution in [-0.2, 0) is 4.79 Å². The zero-order valence-electron chi connectivity index (χ0n) is 11.6. The van der Waals surface area contributed by atoms with Crippen LogP contribution in [0.1, 0.15) is 5.56 Å². The molecule has 108 valence electrons. The molecule has 4 nitrogen and oxygen atoms in total. The highest BCUT2D eigenvalue weighted by Crippen LogP contribution is 2.20. The molecule has 5 heteroatoms. The van der Waals surface area contributed by atoms with Crippen LogP contribution in [0.2, 0.25) is 0 Å². The lowest BCUT2D eigenvalue weighted by Gasteiger charge is -2.02. The van der Waals surface area contributed by atoms with E-state index in [0.717, 1.165) is 16.7 Å². The van der Waals surface area contributed by atoms with Gasteiger partial charge in [-0.15, -0.1) is 10.2 Å². The molecule has 0 aliphatic rings. The van der Waals surface area contributed by atoms with Gasteiger partial charge in [-0.1, -0.05) is 59.9 Å². The fourth-order valence-electron chi connectivity index (χ4n) is 2.00. The van der Waals surface area contributed by atoms with Crippen molar-refractivity contribution in [2.75, 3.05) is 5.32 Å². The van der Waals surface area contributed by atoms with Gasteiger partial charge in [0.25, 0.3) is 0 Å². The molecule has 1 amide bonds. The predicted molar refractivity (Wildman–Crippen MR) is 89.5 cm³/mol. The molecule has 22 heavy (non-hydrogen) atoms. The summed E-state index contributed by atoms with van der Waals surface area (Å²) in [5.41, 5.74) is 4.81. The summed E-state index contributed by atoms with van der Waals surface area (Å²) in [5, 5.41) is 10.6. The van der Waals surface area contributed by atoms with E-state index in [4.69, 9.17) is 0 Å². The largest absolute Gasteiger partial charge is 0.297 e. The highest BCUT2D eigenvalue weighted by atomic mass is 32.1. The molecule has 0 radical (unpaired) electrons. The first-order valence-corrected chi connectivity index (χ1v) is 7.60. The molecule has 2 aromatic carbocycles. The molecule has 0 saturated heterocycles. The second-order valence-corrected chi connectivity index (χ2v) is 5.39. The third-order valence-electron chi connectivity index (χ3n) is 3.01. The van der Waals surface area contributed by atoms with Crippen molar-refractivity contribution < 1.29 is 4.79 Å². The Bertz CT molecular complexity index is 783. The van der Waals surface area contributed by atoms with Gasteiger partial charge in [0.15, 0.2) is 0 Å². The van der Waals surface area contributed by atoms with E-state index < -0.39 is 0 Å². The Hall–Kier alpha value is -2.79. The molecule has 0 aliphatic heterocycles. The molecule has 0 unspecified atom stereocenters. The van der Waals surface area contributed by atoms with Gasteiger partial charge in [0.05, 0.1) is 0 Å². The molecule has 3 rings (SSSR count). The number of hydrogen-bond donors (Lipinski definition) is 1. The summed E-state index contributed by atoms with van der Waals surface area (Å²) in [6.45, 7) is 0. The second-order valence-electron chi connectivity index (χ2n) is 4.56. The van der Waals surface area contributed by atoms with Crippen LogP contribution in [0.5, 0.6) is 0 Å². The Morgan fingerprint density at radius 3 is 2.64 bits per heavy atom. The molecule has 0 bridgehead atoms. The monoisotopic (exact) mass is 307 g/mol. The van der Waals surface area contributed by atoms with Gasteiger partial charge in [-0.2, -0.15) is 0 Å². The van der Waals surface area contributed by atoms with Gasteiger partial charge in [-0.05, 0) is 28.8 Å². The fraction of sp³-hybridized carbons (Fsp3) is 0. The molecule has 0 atom stereocenters. The third kappa shape index (κ3) is 3.65. The maximum atomic E-state index is 11.8.